The molecular weight excluding hydrogens is 416 g/mol. The average Bonchev–Trinajstić information content (AvgIpc) is 3.28. The third kappa shape index (κ3) is 3.31. The molecule has 5 rings (SSSR count). The molecule has 0 saturated carbocycles. The Morgan fingerprint density at radius 1 is 1.03 bits per heavy atom. The van der Waals surface area contributed by atoms with Crippen molar-refractivity contribution in [1.29, 1.82) is 0 Å². The van der Waals surface area contributed by atoms with E-state index in [0.717, 1.165) is 27.9 Å². The van der Waals surface area contributed by atoms with Gasteiger partial charge < -0.3 is 4.90 Å². The zero-order valence-corrected chi connectivity index (χ0v) is 17.5. The molecule has 0 spiro atoms. The first-order chi connectivity index (χ1) is 14.9. The fraction of sp³-hybridized carbons (Fsp3) is 0.217. The van der Waals surface area contributed by atoms with Crippen LogP contribution in [0.3, 0.4) is 0 Å². The molecule has 3 aromatic rings. The van der Waals surface area contributed by atoms with Gasteiger partial charge in [-0.05, 0) is 41.8 Å². The van der Waals surface area contributed by atoms with E-state index in [0.29, 0.717) is 23.6 Å². The third-order valence-corrected chi connectivity index (χ3v) is 6.14. The molecule has 1 N–H and O–H groups in total. The summed E-state index contributed by atoms with van der Waals surface area (Å²) in [7, 11) is 1.88. The van der Waals surface area contributed by atoms with Crippen LogP contribution in [0.25, 0.3) is 22.4 Å². The number of aromatic nitrogens is 2. The number of nitrogens with zero attached hydrogens (tertiary/aromatic N) is 3. The molecule has 1 fully saturated rings. The lowest BCUT2D eigenvalue weighted by molar-refractivity contribution is -0.136. The first-order valence-corrected chi connectivity index (χ1v) is 10.4. The smallest absolute Gasteiger partial charge is 0.255 e. The number of aryl methyl sites for hydroxylation is 1. The van der Waals surface area contributed by atoms with Crippen LogP contribution in [0.5, 0.6) is 0 Å². The second-order valence-corrected chi connectivity index (χ2v) is 8.25. The molecule has 2 aliphatic heterocycles. The van der Waals surface area contributed by atoms with Crippen LogP contribution >= 0.6 is 11.6 Å². The minimum absolute atomic E-state index is 0.180. The zero-order valence-electron chi connectivity index (χ0n) is 16.8. The molecule has 3 amide bonds. The van der Waals surface area contributed by atoms with E-state index in [1.165, 1.54) is 0 Å². The number of imide groups is 1. The minimum Gasteiger partial charge on any atom is -0.322 e. The third-order valence-electron chi connectivity index (χ3n) is 5.89. The number of fused-ring (bicyclic) bond motifs is 1. The van der Waals surface area contributed by atoms with Gasteiger partial charge in [0.25, 0.3) is 5.91 Å². The summed E-state index contributed by atoms with van der Waals surface area (Å²) >= 11 is 6.04. The highest BCUT2D eigenvalue weighted by molar-refractivity contribution is 6.30. The second kappa shape index (κ2) is 7.35. The molecule has 0 aliphatic carbocycles. The Labute approximate surface area is 183 Å². The highest BCUT2D eigenvalue weighted by Gasteiger charge is 2.39. The van der Waals surface area contributed by atoms with Crippen molar-refractivity contribution >= 4 is 29.3 Å². The predicted molar refractivity (Wildman–Crippen MR) is 115 cm³/mol. The standard InChI is InChI=1S/C23H19ClN4O3/c1-27-21(13-2-5-16(24)6-3-13)18(11-25-27)14-4-7-17-15(10-14)12-28(23(17)31)19-8-9-20(29)26-22(19)30/h2-7,10-11,19H,8-9,12H2,1H3,(H,26,29,30). The Bertz CT molecular complexity index is 1230. The number of rotatable bonds is 3. The van der Waals surface area contributed by atoms with Crippen molar-refractivity contribution in [3.8, 4) is 22.4 Å². The number of benzene rings is 2. The Hall–Kier alpha value is -3.45. The SMILES string of the molecule is Cn1ncc(-c2ccc3c(c2)CN(C2CCC(=O)NC2=O)C3=O)c1-c1ccc(Cl)cc1. The summed E-state index contributed by atoms with van der Waals surface area (Å²) in [6, 6.07) is 12.6. The van der Waals surface area contributed by atoms with Gasteiger partial charge in [0.2, 0.25) is 11.8 Å². The summed E-state index contributed by atoms with van der Waals surface area (Å²) in [5, 5.41) is 7.42. The summed E-state index contributed by atoms with van der Waals surface area (Å²) in [5.74, 6) is -0.880. The highest BCUT2D eigenvalue weighted by atomic mass is 35.5. The van der Waals surface area contributed by atoms with E-state index in [9.17, 15) is 14.4 Å². The van der Waals surface area contributed by atoms with Gasteiger partial charge in [0.1, 0.15) is 6.04 Å². The highest BCUT2D eigenvalue weighted by Crippen LogP contribution is 2.35. The van der Waals surface area contributed by atoms with Crippen molar-refractivity contribution in [2.45, 2.75) is 25.4 Å². The lowest BCUT2D eigenvalue weighted by Gasteiger charge is -2.29. The number of nitrogens with one attached hydrogen (secondary N) is 1. The number of carbonyl (C=O) groups is 3. The summed E-state index contributed by atoms with van der Waals surface area (Å²) < 4.78 is 1.81. The number of hydrogen-bond acceptors (Lipinski definition) is 4. The maximum atomic E-state index is 12.9. The Balaban J connectivity index is 1.49. The van der Waals surface area contributed by atoms with Crippen LogP contribution in [-0.4, -0.2) is 38.4 Å². The lowest BCUT2D eigenvalue weighted by atomic mass is 9.98. The van der Waals surface area contributed by atoms with E-state index in [1.54, 1.807) is 17.2 Å². The molecule has 0 radical (unpaired) electrons. The monoisotopic (exact) mass is 434 g/mol. The van der Waals surface area contributed by atoms with Gasteiger partial charge >= 0.3 is 0 Å². The second-order valence-electron chi connectivity index (χ2n) is 7.81. The molecule has 2 aliphatic rings. The van der Waals surface area contributed by atoms with Gasteiger partial charge in [-0.3, -0.25) is 24.4 Å². The number of piperidine rings is 1. The summed E-state index contributed by atoms with van der Waals surface area (Å²) in [6.07, 6.45) is 2.39. The van der Waals surface area contributed by atoms with Crippen molar-refractivity contribution in [2.24, 2.45) is 7.05 Å². The molecule has 7 nitrogen and oxygen atoms in total. The van der Waals surface area contributed by atoms with Gasteiger partial charge in [-0.1, -0.05) is 29.8 Å². The number of carbonyl (C=O) groups excluding carboxylic acids is 3. The van der Waals surface area contributed by atoms with Gasteiger partial charge in [0, 0.05) is 41.7 Å². The normalized spacial score (nSPS) is 18.3. The fourth-order valence-corrected chi connectivity index (χ4v) is 4.47. The maximum absolute atomic E-state index is 12.9. The summed E-state index contributed by atoms with van der Waals surface area (Å²) in [6.45, 7) is 0.338. The van der Waals surface area contributed by atoms with E-state index in [2.05, 4.69) is 10.4 Å². The van der Waals surface area contributed by atoms with Crippen LogP contribution in [0.1, 0.15) is 28.8 Å². The quantitative estimate of drug-likeness (QED) is 0.642. The van der Waals surface area contributed by atoms with E-state index in [4.69, 9.17) is 11.6 Å². The van der Waals surface area contributed by atoms with Gasteiger partial charge in [-0.25, -0.2) is 0 Å². The van der Waals surface area contributed by atoms with E-state index >= 15 is 0 Å². The molecule has 156 valence electrons. The molecule has 31 heavy (non-hydrogen) atoms. The summed E-state index contributed by atoms with van der Waals surface area (Å²) in [4.78, 5) is 38.2. The van der Waals surface area contributed by atoms with E-state index in [1.807, 2.05) is 48.1 Å². The van der Waals surface area contributed by atoms with Crippen molar-refractivity contribution in [1.82, 2.24) is 20.0 Å². The number of halogens is 1. The van der Waals surface area contributed by atoms with Crippen molar-refractivity contribution < 1.29 is 14.4 Å². The molecular formula is C23H19ClN4O3. The van der Waals surface area contributed by atoms with Gasteiger partial charge in [-0.15, -0.1) is 0 Å². The topological polar surface area (TPSA) is 84.3 Å². The molecule has 1 aromatic heterocycles. The molecule has 1 saturated heterocycles. The Morgan fingerprint density at radius 3 is 2.52 bits per heavy atom. The predicted octanol–water partition coefficient (Wildman–Crippen LogP) is 3.17. The fourth-order valence-electron chi connectivity index (χ4n) is 4.34. The number of amides is 3. The molecule has 0 bridgehead atoms. The zero-order chi connectivity index (χ0) is 21.7. The maximum Gasteiger partial charge on any atom is 0.255 e. The average molecular weight is 435 g/mol. The largest absolute Gasteiger partial charge is 0.322 e. The van der Waals surface area contributed by atoms with Crippen molar-refractivity contribution in [3.63, 3.8) is 0 Å². The molecule has 1 atom stereocenters. The van der Waals surface area contributed by atoms with Gasteiger partial charge in [0.05, 0.1) is 11.9 Å². The van der Waals surface area contributed by atoms with Crippen molar-refractivity contribution in [3.05, 3.63) is 64.8 Å². The van der Waals surface area contributed by atoms with Gasteiger partial charge in [0.15, 0.2) is 0 Å². The first-order valence-electron chi connectivity index (χ1n) is 9.98. The van der Waals surface area contributed by atoms with Crippen LogP contribution < -0.4 is 5.32 Å². The van der Waals surface area contributed by atoms with Crippen LogP contribution in [0, 0.1) is 0 Å². The first kappa shape index (κ1) is 19.5. The minimum atomic E-state index is -0.621. The van der Waals surface area contributed by atoms with E-state index in [-0.39, 0.29) is 18.2 Å². The van der Waals surface area contributed by atoms with Crippen LogP contribution in [0.15, 0.2) is 48.7 Å². The molecule has 8 heteroatoms. The lowest BCUT2D eigenvalue weighted by Crippen LogP contribution is -2.52. The Kier molecular flexibility index (Phi) is 4.63. The van der Waals surface area contributed by atoms with Crippen molar-refractivity contribution in [2.75, 3.05) is 0 Å². The molecule has 3 heterocycles. The molecule has 1 unspecified atom stereocenters. The van der Waals surface area contributed by atoms with Crippen LogP contribution in [-0.2, 0) is 23.2 Å². The van der Waals surface area contributed by atoms with E-state index < -0.39 is 11.9 Å². The Morgan fingerprint density at radius 2 is 1.77 bits per heavy atom. The number of hydrogen-bond donors (Lipinski definition) is 1. The summed E-state index contributed by atoms with van der Waals surface area (Å²) in [5.41, 5.74) is 5.27. The van der Waals surface area contributed by atoms with Crippen LogP contribution in [0.4, 0.5) is 0 Å². The van der Waals surface area contributed by atoms with Crippen LogP contribution in [0.2, 0.25) is 5.02 Å². The van der Waals surface area contributed by atoms with Gasteiger partial charge in [-0.2, -0.15) is 5.10 Å². The molecule has 2 aromatic carbocycles.